The average Bonchev–Trinajstić information content (AvgIpc) is 3.55. The molecule has 0 aromatic heterocycles. The molecule has 0 atom stereocenters. The van der Waals surface area contributed by atoms with Gasteiger partial charge >= 0.3 is 0 Å². The summed E-state index contributed by atoms with van der Waals surface area (Å²) in [5.74, 6) is 0.871. The maximum Gasteiger partial charge on any atom is 0.191 e. The summed E-state index contributed by atoms with van der Waals surface area (Å²) in [5.41, 5.74) is 2.70. The molecule has 2 N–H and O–H groups in total. The summed E-state index contributed by atoms with van der Waals surface area (Å²) in [5, 5.41) is 7.07. The molecule has 1 aliphatic heterocycles. The van der Waals surface area contributed by atoms with E-state index in [1.54, 1.807) is 0 Å². The summed E-state index contributed by atoms with van der Waals surface area (Å²) in [7, 11) is 1.85. The van der Waals surface area contributed by atoms with Gasteiger partial charge in [-0.3, -0.25) is 9.89 Å². The summed E-state index contributed by atoms with van der Waals surface area (Å²) < 4.78 is 5.78. The van der Waals surface area contributed by atoms with E-state index in [2.05, 4.69) is 75.1 Å². The Balaban J connectivity index is 1.29. The van der Waals surface area contributed by atoms with Crippen molar-refractivity contribution in [3.8, 4) is 0 Å². The molecule has 1 heterocycles. The highest BCUT2D eigenvalue weighted by Gasteiger charge is 2.43. The normalized spacial score (nSPS) is 18.8. The van der Waals surface area contributed by atoms with E-state index in [1.807, 2.05) is 18.8 Å². The molecule has 0 spiro atoms. The predicted molar refractivity (Wildman–Crippen MR) is 125 cm³/mol. The van der Waals surface area contributed by atoms with Crippen LogP contribution in [0.2, 0.25) is 0 Å². The van der Waals surface area contributed by atoms with Gasteiger partial charge in [0.25, 0.3) is 0 Å². The quantitative estimate of drug-likeness (QED) is 0.502. The first-order valence-corrected chi connectivity index (χ1v) is 11.6. The van der Waals surface area contributed by atoms with Crippen molar-refractivity contribution in [2.75, 3.05) is 39.9 Å². The number of aliphatic imine (C=N–C) groups is 1. The number of ether oxygens (including phenoxy) is 1. The molecule has 0 amide bonds. The maximum atomic E-state index is 5.48. The molecule has 30 heavy (non-hydrogen) atoms. The Bertz CT molecular complexity index is 832. The molecule has 2 fully saturated rings. The van der Waals surface area contributed by atoms with Crippen LogP contribution >= 0.6 is 11.8 Å². The zero-order valence-corrected chi connectivity index (χ0v) is 18.6. The molecule has 1 saturated carbocycles. The summed E-state index contributed by atoms with van der Waals surface area (Å²) in [6, 6.07) is 19.4. The molecule has 2 aliphatic rings. The Hall–Kier alpha value is -2.02. The van der Waals surface area contributed by atoms with Crippen LogP contribution in [0.1, 0.15) is 24.0 Å². The number of guanidine groups is 1. The zero-order chi connectivity index (χ0) is 20.7. The van der Waals surface area contributed by atoms with E-state index >= 15 is 0 Å². The van der Waals surface area contributed by atoms with E-state index in [0.717, 1.165) is 51.9 Å². The van der Waals surface area contributed by atoms with Crippen molar-refractivity contribution < 1.29 is 4.74 Å². The van der Waals surface area contributed by atoms with Crippen LogP contribution in [0.4, 0.5) is 0 Å². The molecule has 2 aromatic carbocycles. The topological polar surface area (TPSA) is 48.9 Å². The molecule has 5 nitrogen and oxygen atoms in total. The van der Waals surface area contributed by atoms with Gasteiger partial charge in [0.15, 0.2) is 5.96 Å². The second-order valence-corrected chi connectivity index (χ2v) is 9.58. The minimum absolute atomic E-state index is 0.299. The van der Waals surface area contributed by atoms with E-state index in [1.165, 1.54) is 28.9 Å². The first-order valence-electron chi connectivity index (χ1n) is 10.8. The maximum absolute atomic E-state index is 5.48. The van der Waals surface area contributed by atoms with Crippen LogP contribution < -0.4 is 10.6 Å². The first-order chi connectivity index (χ1) is 14.8. The van der Waals surface area contributed by atoms with Crippen molar-refractivity contribution >= 4 is 17.7 Å². The fourth-order valence-corrected chi connectivity index (χ4v) is 4.97. The largest absolute Gasteiger partial charge is 0.379 e. The minimum atomic E-state index is 0.299. The van der Waals surface area contributed by atoms with Crippen molar-refractivity contribution in [3.05, 3.63) is 65.7 Å². The predicted octanol–water partition coefficient (Wildman–Crippen LogP) is 3.51. The van der Waals surface area contributed by atoms with Gasteiger partial charge in [-0.1, -0.05) is 42.5 Å². The number of hydrogen-bond acceptors (Lipinski definition) is 4. The number of rotatable bonds is 8. The van der Waals surface area contributed by atoms with Gasteiger partial charge in [0.05, 0.1) is 13.2 Å². The number of morpholine rings is 1. The van der Waals surface area contributed by atoms with Crippen molar-refractivity contribution in [2.45, 2.75) is 35.6 Å². The molecule has 4 rings (SSSR count). The molecule has 0 unspecified atom stereocenters. The van der Waals surface area contributed by atoms with Crippen LogP contribution in [0.25, 0.3) is 0 Å². The van der Waals surface area contributed by atoms with E-state index in [4.69, 9.17) is 4.74 Å². The van der Waals surface area contributed by atoms with Gasteiger partial charge in [0, 0.05) is 49.4 Å². The van der Waals surface area contributed by atoms with Gasteiger partial charge in [-0.15, -0.1) is 11.8 Å². The fraction of sp³-hybridized carbons (Fsp3) is 0.458. The van der Waals surface area contributed by atoms with E-state index in [0.29, 0.717) is 4.75 Å². The Morgan fingerprint density at radius 1 is 1.00 bits per heavy atom. The van der Waals surface area contributed by atoms with Crippen LogP contribution in [-0.2, 0) is 17.8 Å². The molecule has 1 saturated heterocycles. The minimum Gasteiger partial charge on any atom is -0.379 e. The van der Waals surface area contributed by atoms with Crippen LogP contribution in [-0.4, -0.2) is 55.5 Å². The van der Waals surface area contributed by atoms with Gasteiger partial charge < -0.3 is 15.4 Å². The van der Waals surface area contributed by atoms with Crippen molar-refractivity contribution in [3.63, 3.8) is 0 Å². The molecule has 2 aromatic rings. The third-order valence-corrected chi connectivity index (χ3v) is 7.24. The van der Waals surface area contributed by atoms with Gasteiger partial charge in [-0.05, 0) is 36.1 Å². The summed E-state index contributed by atoms with van der Waals surface area (Å²) in [6.45, 7) is 6.36. The molecular weight excluding hydrogens is 392 g/mol. The molecular formula is C24H32N4OS. The third-order valence-electron chi connectivity index (χ3n) is 5.75. The lowest BCUT2D eigenvalue weighted by Gasteiger charge is -2.27. The zero-order valence-electron chi connectivity index (χ0n) is 17.8. The van der Waals surface area contributed by atoms with Crippen LogP contribution in [0.15, 0.2) is 64.5 Å². The van der Waals surface area contributed by atoms with E-state index in [-0.39, 0.29) is 0 Å². The molecule has 160 valence electrons. The smallest absolute Gasteiger partial charge is 0.191 e. The van der Waals surface area contributed by atoms with Crippen LogP contribution in [0.3, 0.4) is 0 Å². The number of nitrogens with zero attached hydrogens (tertiary/aromatic N) is 2. The number of nitrogens with one attached hydrogen (secondary N) is 2. The molecule has 0 bridgehead atoms. The third kappa shape index (κ3) is 6.00. The van der Waals surface area contributed by atoms with Gasteiger partial charge in [0.1, 0.15) is 0 Å². The number of hydrogen-bond donors (Lipinski definition) is 2. The summed E-state index contributed by atoms with van der Waals surface area (Å²) >= 11 is 1.98. The highest BCUT2D eigenvalue weighted by atomic mass is 32.2. The lowest BCUT2D eigenvalue weighted by Crippen LogP contribution is -2.41. The Labute approximate surface area is 184 Å². The molecule has 0 radical (unpaired) electrons. The number of benzene rings is 2. The first kappa shape index (κ1) is 21.2. The Morgan fingerprint density at radius 3 is 2.40 bits per heavy atom. The van der Waals surface area contributed by atoms with Crippen molar-refractivity contribution in [1.29, 1.82) is 0 Å². The lowest BCUT2D eigenvalue weighted by molar-refractivity contribution is 0.0341. The second-order valence-electron chi connectivity index (χ2n) is 8.03. The Morgan fingerprint density at radius 2 is 1.70 bits per heavy atom. The Kier molecular flexibility index (Phi) is 7.31. The van der Waals surface area contributed by atoms with Crippen LogP contribution in [0.5, 0.6) is 0 Å². The van der Waals surface area contributed by atoms with E-state index in [9.17, 15) is 0 Å². The fourth-order valence-electron chi connectivity index (χ4n) is 3.72. The lowest BCUT2D eigenvalue weighted by atomic mass is 10.1. The standard InChI is InChI=1S/C24H32N4OS/c1-25-23(27-19-24(11-12-24)30-22-9-3-2-4-10-22)26-17-20-7-5-6-8-21(20)18-28-13-15-29-16-14-28/h2-10H,11-19H2,1H3,(H2,25,26,27). The monoisotopic (exact) mass is 424 g/mol. The van der Waals surface area contributed by atoms with Gasteiger partial charge in [0.2, 0.25) is 0 Å². The average molecular weight is 425 g/mol. The summed E-state index contributed by atoms with van der Waals surface area (Å²) in [6.07, 6.45) is 2.50. The molecule has 1 aliphatic carbocycles. The highest BCUT2D eigenvalue weighted by Crippen LogP contribution is 2.51. The van der Waals surface area contributed by atoms with Crippen molar-refractivity contribution in [1.82, 2.24) is 15.5 Å². The number of thioether (sulfide) groups is 1. The SMILES string of the molecule is CN=C(NCc1ccccc1CN1CCOCC1)NCC1(Sc2ccccc2)CC1. The van der Waals surface area contributed by atoms with Crippen LogP contribution in [0, 0.1) is 0 Å². The van der Waals surface area contributed by atoms with Crippen molar-refractivity contribution in [2.24, 2.45) is 4.99 Å². The highest BCUT2D eigenvalue weighted by molar-refractivity contribution is 8.01. The van der Waals surface area contributed by atoms with Gasteiger partial charge in [-0.25, -0.2) is 0 Å². The summed E-state index contributed by atoms with van der Waals surface area (Å²) in [4.78, 5) is 8.25. The van der Waals surface area contributed by atoms with E-state index < -0.39 is 0 Å². The van der Waals surface area contributed by atoms with Gasteiger partial charge in [-0.2, -0.15) is 0 Å². The second kappa shape index (κ2) is 10.3. The molecule has 6 heteroatoms.